The number of hydrogen-bond donors (Lipinski definition) is 0. The van der Waals surface area contributed by atoms with Crippen LogP contribution in [0.1, 0.15) is 37.4 Å². The highest BCUT2D eigenvalue weighted by Gasteiger charge is 2.53. The maximum absolute atomic E-state index is 7.56. The Kier molecular flexibility index (Phi) is 1.74. The van der Waals surface area contributed by atoms with Gasteiger partial charge in [0.1, 0.15) is 0 Å². The van der Waals surface area contributed by atoms with Gasteiger partial charge in [-0.2, -0.15) is 5.10 Å². The van der Waals surface area contributed by atoms with Gasteiger partial charge in [0.2, 0.25) is 0 Å². The van der Waals surface area contributed by atoms with Crippen LogP contribution in [0.5, 0.6) is 0 Å². The van der Waals surface area contributed by atoms with Crippen LogP contribution in [0.25, 0.3) is 0 Å². The molecule has 2 rings (SSSR count). The van der Waals surface area contributed by atoms with Gasteiger partial charge < -0.3 is 9.31 Å². The van der Waals surface area contributed by atoms with Crippen LogP contribution in [0, 0.1) is 6.85 Å². The first-order valence-corrected chi connectivity index (χ1v) is 5.34. The predicted octanol–water partition coefficient (Wildman–Crippen LogP) is 1.03. The standard InChI is InChI=1S/C11H19BN2O2/c1-8-7-13-14(6)9(8)12-15-10(2,3)11(4,5)16-12/h7H,1-6H3/i1D3. The topological polar surface area (TPSA) is 36.3 Å². The molecule has 0 radical (unpaired) electrons. The fourth-order valence-corrected chi connectivity index (χ4v) is 1.68. The van der Waals surface area contributed by atoms with Crippen molar-refractivity contribution in [2.75, 3.05) is 0 Å². The third kappa shape index (κ3) is 1.58. The van der Waals surface area contributed by atoms with Crippen molar-refractivity contribution in [3.05, 3.63) is 11.8 Å². The minimum Gasteiger partial charge on any atom is -0.398 e. The number of aromatic nitrogens is 2. The molecular weight excluding hydrogens is 203 g/mol. The molecule has 2 heterocycles. The first-order valence-electron chi connectivity index (χ1n) is 6.84. The van der Waals surface area contributed by atoms with Crippen molar-refractivity contribution in [3.63, 3.8) is 0 Å². The molecule has 0 aromatic carbocycles. The second-order valence-corrected chi connectivity index (χ2v) is 5.16. The largest absolute Gasteiger partial charge is 0.514 e. The summed E-state index contributed by atoms with van der Waals surface area (Å²) >= 11 is 0. The van der Waals surface area contributed by atoms with E-state index in [1.165, 1.54) is 10.9 Å². The second-order valence-electron chi connectivity index (χ2n) is 5.16. The third-order valence-corrected chi connectivity index (χ3v) is 3.46. The van der Waals surface area contributed by atoms with Crippen LogP contribution < -0.4 is 5.59 Å². The van der Waals surface area contributed by atoms with Crippen LogP contribution >= 0.6 is 0 Å². The van der Waals surface area contributed by atoms with Crippen LogP contribution in [0.4, 0.5) is 0 Å². The highest BCUT2D eigenvalue weighted by atomic mass is 16.7. The summed E-state index contributed by atoms with van der Waals surface area (Å²) in [5.41, 5.74) is -0.380. The number of rotatable bonds is 1. The lowest BCUT2D eigenvalue weighted by atomic mass is 9.82. The van der Waals surface area contributed by atoms with Gasteiger partial charge in [-0.05, 0) is 40.1 Å². The number of hydrogen-bond acceptors (Lipinski definition) is 3. The van der Waals surface area contributed by atoms with Crippen LogP contribution in [0.2, 0.25) is 0 Å². The van der Waals surface area contributed by atoms with E-state index in [0.717, 1.165) is 0 Å². The molecule has 1 aliphatic rings. The molecule has 1 aromatic rings. The highest BCUT2D eigenvalue weighted by molar-refractivity contribution is 6.61. The smallest absolute Gasteiger partial charge is 0.398 e. The molecular formula is C11H19BN2O2. The molecule has 0 aliphatic carbocycles. The second kappa shape index (κ2) is 3.34. The Labute approximate surface area is 101 Å². The van der Waals surface area contributed by atoms with Gasteiger partial charge in [-0.3, -0.25) is 4.68 Å². The average molecular weight is 225 g/mol. The van der Waals surface area contributed by atoms with E-state index in [1.54, 1.807) is 7.05 Å². The van der Waals surface area contributed by atoms with E-state index in [9.17, 15) is 0 Å². The van der Waals surface area contributed by atoms with Crippen molar-refractivity contribution in [1.29, 1.82) is 0 Å². The minimum absolute atomic E-state index is 0.175. The summed E-state index contributed by atoms with van der Waals surface area (Å²) < 4.78 is 36.0. The molecule has 1 fully saturated rings. The zero-order chi connectivity index (χ0) is 14.6. The van der Waals surface area contributed by atoms with Crippen LogP contribution in [-0.4, -0.2) is 28.1 Å². The highest BCUT2D eigenvalue weighted by Crippen LogP contribution is 2.36. The molecule has 0 atom stereocenters. The van der Waals surface area contributed by atoms with Crippen LogP contribution in [-0.2, 0) is 16.4 Å². The molecule has 16 heavy (non-hydrogen) atoms. The molecule has 5 heteroatoms. The van der Waals surface area contributed by atoms with Gasteiger partial charge in [0.15, 0.2) is 0 Å². The maximum atomic E-state index is 7.56. The van der Waals surface area contributed by atoms with E-state index in [1.807, 2.05) is 27.7 Å². The van der Waals surface area contributed by atoms with E-state index < -0.39 is 25.2 Å². The lowest BCUT2D eigenvalue weighted by molar-refractivity contribution is 0.00578. The van der Waals surface area contributed by atoms with Crippen molar-refractivity contribution >= 4 is 12.7 Å². The summed E-state index contributed by atoms with van der Waals surface area (Å²) in [5.74, 6) is 0. The average Bonchev–Trinajstić information content (AvgIpc) is 2.65. The van der Waals surface area contributed by atoms with Crippen molar-refractivity contribution < 1.29 is 13.4 Å². The van der Waals surface area contributed by atoms with E-state index >= 15 is 0 Å². The van der Waals surface area contributed by atoms with Crippen molar-refractivity contribution in [2.24, 2.45) is 7.05 Å². The molecule has 0 unspecified atom stereocenters. The van der Waals surface area contributed by atoms with E-state index in [0.29, 0.717) is 5.59 Å². The molecule has 4 nitrogen and oxygen atoms in total. The Bertz CT molecular complexity index is 481. The van der Waals surface area contributed by atoms with Gasteiger partial charge in [-0.15, -0.1) is 0 Å². The van der Waals surface area contributed by atoms with Crippen LogP contribution in [0.3, 0.4) is 0 Å². The van der Waals surface area contributed by atoms with Gasteiger partial charge in [0.05, 0.1) is 23.0 Å². The summed E-state index contributed by atoms with van der Waals surface area (Å²) in [6.07, 6.45) is 1.35. The van der Waals surface area contributed by atoms with Gasteiger partial charge in [0, 0.05) is 11.2 Å². The van der Waals surface area contributed by atoms with Gasteiger partial charge in [-0.25, -0.2) is 0 Å². The Morgan fingerprint density at radius 3 is 2.38 bits per heavy atom. The maximum Gasteiger partial charge on any atom is 0.514 e. The SMILES string of the molecule is [2H]C([2H])([2H])c1cnn(C)c1B1OC(C)(C)C(C)(C)O1. The Morgan fingerprint density at radius 2 is 1.88 bits per heavy atom. The molecule has 1 aliphatic heterocycles. The van der Waals surface area contributed by atoms with Crippen molar-refractivity contribution in [2.45, 2.75) is 45.7 Å². The molecule has 1 aromatic heterocycles. The first kappa shape index (κ1) is 8.31. The summed E-state index contributed by atoms with van der Waals surface area (Å²) in [7, 11) is 0.975. The van der Waals surface area contributed by atoms with E-state index in [-0.39, 0.29) is 5.56 Å². The predicted molar refractivity (Wildman–Crippen MR) is 63.7 cm³/mol. The van der Waals surface area contributed by atoms with Crippen molar-refractivity contribution in [3.8, 4) is 0 Å². The quantitative estimate of drug-likeness (QED) is 0.669. The molecule has 0 amide bonds. The number of nitrogens with zero attached hydrogens (tertiary/aromatic N) is 2. The van der Waals surface area contributed by atoms with Crippen LogP contribution in [0.15, 0.2) is 6.20 Å². The Hall–Kier alpha value is -0.805. The Balaban J connectivity index is 2.43. The molecule has 1 saturated heterocycles. The fraction of sp³-hybridized carbons (Fsp3) is 0.727. The summed E-state index contributed by atoms with van der Waals surface area (Å²) in [6.45, 7) is 5.49. The molecule has 88 valence electrons. The number of aryl methyl sites for hydroxylation is 2. The van der Waals surface area contributed by atoms with Gasteiger partial charge >= 0.3 is 7.12 Å². The first-order chi connectivity index (χ1) is 8.46. The van der Waals surface area contributed by atoms with E-state index in [4.69, 9.17) is 13.4 Å². The van der Waals surface area contributed by atoms with Gasteiger partial charge in [-0.1, -0.05) is 0 Å². The normalized spacial score (nSPS) is 26.3. The molecule has 0 N–H and O–H groups in total. The molecule has 0 spiro atoms. The fourth-order valence-electron chi connectivity index (χ4n) is 1.68. The monoisotopic (exact) mass is 225 g/mol. The van der Waals surface area contributed by atoms with E-state index in [2.05, 4.69) is 5.10 Å². The Morgan fingerprint density at radius 1 is 1.31 bits per heavy atom. The summed E-state index contributed by atoms with van der Waals surface area (Å²) in [6, 6.07) is 0. The van der Waals surface area contributed by atoms with Gasteiger partial charge in [0.25, 0.3) is 0 Å². The van der Waals surface area contributed by atoms with Crippen molar-refractivity contribution in [1.82, 2.24) is 9.78 Å². The molecule has 0 saturated carbocycles. The third-order valence-electron chi connectivity index (χ3n) is 3.46. The molecule has 0 bridgehead atoms. The summed E-state index contributed by atoms with van der Waals surface area (Å²) in [4.78, 5) is 0. The lowest BCUT2D eigenvalue weighted by Gasteiger charge is -2.32. The summed E-state index contributed by atoms with van der Waals surface area (Å²) in [5, 5.41) is 4.02. The minimum atomic E-state index is -2.23. The zero-order valence-corrected chi connectivity index (χ0v) is 10.4. The lowest BCUT2D eigenvalue weighted by Crippen LogP contribution is -2.41. The zero-order valence-electron chi connectivity index (χ0n) is 13.4.